The Hall–Kier alpha value is -1.00. The van der Waals surface area contributed by atoms with Crippen molar-refractivity contribution in [3.05, 3.63) is 29.3 Å². The smallest absolute Gasteiger partial charge is 0.252 e. The highest BCUT2D eigenvalue weighted by Crippen LogP contribution is 2.18. The zero-order valence-electron chi connectivity index (χ0n) is 11.2. The number of carbonyl (C=O) groups is 1. The van der Waals surface area contributed by atoms with Gasteiger partial charge < -0.3 is 10.4 Å². The molecule has 0 radical (unpaired) electrons. The number of carbonyl (C=O) groups excluding carboxylic acids is 1. The van der Waals surface area contributed by atoms with Crippen molar-refractivity contribution < 1.29 is 9.90 Å². The molecule has 0 aromatic heterocycles. The summed E-state index contributed by atoms with van der Waals surface area (Å²) in [7, 11) is 0. The van der Waals surface area contributed by atoms with E-state index in [1.165, 1.54) is 0 Å². The van der Waals surface area contributed by atoms with E-state index in [4.69, 9.17) is 5.11 Å². The zero-order valence-corrected chi connectivity index (χ0v) is 12.1. The molecule has 1 atom stereocenters. The van der Waals surface area contributed by atoms with Gasteiger partial charge in [-0.3, -0.25) is 4.79 Å². The second-order valence-corrected chi connectivity index (χ2v) is 5.36. The van der Waals surface area contributed by atoms with Gasteiger partial charge in [-0.2, -0.15) is 0 Å². The fraction of sp³-hybridized carbons (Fsp3) is 0.500. The second kappa shape index (κ2) is 6.25. The summed E-state index contributed by atoms with van der Waals surface area (Å²) in [5, 5.41) is 12.0. The third kappa shape index (κ3) is 3.75. The normalized spacial score (nSPS) is 14.1. The van der Waals surface area contributed by atoms with Gasteiger partial charge in [0.15, 0.2) is 0 Å². The standard InChI is InChI=1S/C14H21NO2S/c1-4-14(3,7-8-16)15-13(17)12-9-11(18)6-5-10(12)2/h5-6,9,16,18H,4,7-8H2,1-3H3,(H,15,17). The Kier molecular flexibility index (Phi) is 5.23. The molecule has 2 N–H and O–H groups in total. The van der Waals surface area contributed by atoms with E-state index in [1.807, 2.05) is 32.9 Å². The summed E-state index contributed by atoms with van der Waals surface area (Å²) in [4.78, 5) is 13.0. The molecule has 0 heterocycles. The lowest BCUT2D eigenvalue weighted by molar-refractivity contribution is 0.0885. The van der Waals surface area contributed by atoms with E-state index in [9.17, 15) is 4.79 Å². The highest BCUT2D eigenvalue weighted by Gasteiger charge is 2.24. The fourth-order valence-electron chi connectivity index (χ4n) is 1.77. The molecule has 1 amide bonds. The third-order valence-corrected chi connectivity index (χ3v) is 3.60. The lowest BCUT2D eigenvalue weighted by atomic mass is 9.94. The monoisotopic (exact) mass is 267 g/mol. The number of amides is 1. The van der Waals surface area contributed by atoms with Crippen molar-refractivity contribution in [2.75, 3.05) is 6.61 Å². The first-order valence-corrected chi connectivity index (χ1v) is 6.59. The van der Waals surface area contributed by atoms with E-state index < -0.39 is 0 Å². The Morgan fingerprint density at radius 2 is 2.17 bits per heavy atom. The van der Waals surface area contributed by atoms with Gasteiger partial charge in [-0.25, -0.2) is 0 Å². The summed E-state index contributed by atoms with van der Waals surface area (Å²) >= 11 is 4.25. The molecule has 0 spiro atoms. The highest BCUT2D eigenvalue weighted by atomic mass is 32.1. The minimum atomic E-state index is -0.370. The number of aliphatic hydroxyl groups excluding tert-OH is 1. The summed E-state index contributed by atoms with van der Waals surface area (Å²) in [6.07, 6.45) is 1.33. The van der Waals surface area contributed by atoms with Gasteiger partial charge in [0, 0.05) is 22.6 Å². The van der Waals surface area contributed by atoms with Crippen LogP contribution in [-0.4, -0.2) is 23.2 Å². The number of hydrogen-bond acceptors (Lipinski definition) is 3. The fourth-order valence-corrected chi connectivity index (χ4v) is 1.97. The second-order valence-electron chi connectivity index (χ2n) is 4.84. The summed E-state index contributed by atoms with van der Waals surface area (Å²) in [5.74, 6) is -0.110. The molecule has 1 aromatic rings. The highest BCUT2D eigenvalue weighted by molar-refractivity contribution is 7.80. The van der Waals surface area contributed by atoms with Crippen molar-refractivity contribution >= 4 is 18.5 Å². The van der Waals surface area contributed by atoms with E-state index in [-0.39, 0.29) is 18.1 Å². The molecular formula is C14H21NO2S. The van der Waals surface area contributed by atoms with Crippen LogP contribution < -0.4 is 5.32 Å². The Morgan fingerprint density at radius 3 is 2.72 bits per heavy atom. The molecule has 0 bridgehead atoms. The van der Waals surface area contributed by atoms with Crippen LogP contribution in [0.1, 0.15) is 42.6 Å². The molecule has 1 aromatic carbocycles. The van der Waals surface area contributed by atoms with Crippen molar-refractivity contribution in [1.29, 1.82) is 0 Å². The Labute approximate surface area is 114 Å². The summed E-state index contributed by atoms with van der Waals surface area (Å²) in [6, 6.07) is 5.51. The predicted molar refractivity (Wildman–Crippen MR) is 76.3 cm³/mol. The molecule has 18 heavy (non-hydrogen) atoms. The van der Waals surface area contributed by atoms with Gasteiger partial charge in [-0.15, -0.1) is 12.6 Å². The maximum absolute atomic E-state index is 12.2. The van der Waals surface area contributed by atoms with Crippen LogP contribution in [-0.2, 0) is 0 Å². The van der Waals surface area contributed by atoms with E-state index >= 15 is 0 Å². The first kappa shape index (κ1) is 15.1. The van der Waals surface area contributed by atoms with Crippen LogP contribution >= 0.6 is 12.6 Å². The SMILES string of the molecule is CCC(C)(CCO)NC(=O)c1cc(S)ccc1C. The molecule has 0 fully saturated rings. The van der Waals surface area contributed by atoms with Crippen molar-refractivity contribution in [2.45, 2.75) is 44.0 Å². The zero-order chi connectivity index (χ0) is 13.8. The maximum Gasteiger partial charge on any atom is 0.252 e. The number of benzene rings is 1. The van der Waals surface area contributed by atoms with Gasteiger partial charge in [0.25, 0.3) is 5.91 Å². The van der Waals surface area contributed by atoms with E-state index in [2.05, 4.69) is 17.9 Å². The minimum absolute atomic E-state index is 0.0657. The van der Waals surface area contributed by atoms with E-state index in [0.29, 0.717) is 12.0 Å². The molecule has 0 aliphatic rings. The number of hydrogen-bond donors (Lipinski definition) is 3. The van der Waals surface area contributed by atoms with Crippen molar-refractivity contribution in [2.24, 2.45) is 0 Å². The van der Waals surface area contributed by atoms with Crippen LogP contribution in [0.2, 0.25) is 0 Å². The van der Waals surface area contributed by atoms with Gasteiger partial charge in [-0.05, 0) is 44.4 Å². The average Bonchev–Trinajstić information content (AvgIpc) is 2.32. The summed E-state index contributed by atoms with van der Waals surface area (Å²) in [6.45, 7) is 5.91. The summed E-state index contributed by atoms with van der Waals surface area (Å²) < 4.78 is 0. The largest absolute Gasteiger partial charge is 0.396 e. The molecule has 3 nitrogen and oxygen atoms in total. The number of aliphatic hydroxyl groups is 1. The van der Waals surface area contributed by atoms with Crippen LogP contribution in [0.25, 0.3) is 0 Å². The molecule has 1 unspecified atom stereocenters. The molecular weight excluding hydrogens is 246 g/mol. The van der Waals surface area contributed by atoms with Gasteiger partial charge in [0.1, 0.15) is 0 Å². The van der Waals surface area contributed by atoms with Crippen LogP contribution in [0, 0.1) is 6.92 Å². The molecule has 0 aliphatic carbocycles. The van der Waals surface area contributed by atoms with Crippen molar-refractivity contribution in [3.63, 3.8) is 0 Å². The Balaban J connectivity index is 2.90. The minimum Gasteiger partial charge on any atom is -0.396 e. The van der Waals surface area contributed by atoms with Gasteiger partial charge >= 0.3 is 0 Å². The molecule has 1 rings (SSSR count). The molecule has 0 saturated carbocycles. The first-order chi connectivity index (χ1) is 8.41. The van der Waals surface area contributed by atoms with E-state index in [0.717, 1.165) is 16.9 Å². The molecule has 0 saturated heterocycles. The van der Waals surface area contributed by atoms with Crippen molar-refractivity contribution in [1.82, 2.24) is 5.32 Å². The van der Waals surface area contributed by atoms with Gasteiger partial charge in [0.2, 0.25) is 0 Å². The lowest BCUT2D eigenvalue weighted by Gasteiger charge is -2.29. The average molecular weight is 267 g/mol. The number of rotatable bonds is 5. The first-order valence-electron chi connectivity index (χ1n) is 6.15. The van der Waals surface area contributed by atoms with Crippen molar-refractivity contribution in [3.8, 4) is 0 Å². The number of aryl methyl sites for hydroxylation is 1. The molecule has 4 heteroatoms. The quantitative estimate of drug-likeness (QED) is 0.718. The lowest BCUT2D eigenvalue weighted by Crippen LogP contribution is -2.46. The molecule has 0 aliphatic heterocycles. The number of nitrogens with one attached hydrogen (secondary N) is 1. The Bertz CT molecular complexity index is 434. The van der Waals surface area contributed by atoms with Gasteiger partial charge in [0.05, 0.1) is 0 Å². The van der Waals surface area contributed by atoms with Crippen LogP contribution in [0.3, 0.4) is 0 Å². The molecule has 100 valence electrons. The third-order valence-electron chi connectivity index (χ3n) is 3.32. The number of thiol groups is 1. The maximum atomic E-state index is 12.2. The summed E-state index contributed by atoms with van der Waals surface area (Å²) in [5.41, 5.74) is 1.19. The van der Waals surface area contributed by atoms with Crippen LogP contribution in [0.15, 0.2) is 23.1 Å². The topological polar surface area (TPSA) is 49.3 Å². The Morgan fingerprint density at radius 1 is 1.50 bits per heavy atom. The van der Waals surface area contributed by atoms with Gasteiger partial charge in [-0.1, -0.05) is 13.0 Å². The van der Waals surface area contributed by atoms with Crippen LogP contribution in [0.4, 0.5) is 0 Å². The van der Waals surface area contributed by atoms with Crippen LogP contribution in [0.5, 0.6) is 0 Å². The van der Waals surface area contributed by atoms with E-state index in [1.54, 1.807) is 6.07 Å². The predicted octanol–water partition coefficient (Wildman–Crippen LogP) is 2.56.